The third kappa shape index (κ3) is 3.86. The van der Waals surface area contributed by atoms with Gasteiger partial charge in [0.25, 0.3) is 0 Å². The van der Waals surface area contributed by atoms with E-state index in [1.807, 2.05) is 19.1 Å². The molecule has 2 rings (SSSR count). The van der Waals surface area contributed by atoms with Crippen LogP contribution in [0.5, 0.6) is 0 Å². The van der Waals surface area contributed by atoms with E-state index in [0.29, 0.717) is 18.7 Å². The maximum Gasteiger partial charge on any atom is 0.248 e. The highest BCUT2D eigenvalue weighted by molar-refractivity contribution is 5.92. The standard InChI is InChI=1S/C14H16N4O/c1-10-6-18-13(9-17-10)8-16-7-11-2-4-12(5-3-11)14(15)19/h2-6,9,16H,7-8H2,1H3,(H2,15,19). The van der Waals surface area contributed by atoms with Gasteiger partial charge in [0.2, 0.25) is 5.91 Å². The van der Waals surface area contributed by atoms with E-state index in [9.17, 15) is 4.79 Å². The van der Waals surface area contributed by atoms with Gasteiger partial charge in [-0.1, -0.05) is 12.1 Å². The molecule has 0 atom stereocenters. The molecule has 0 unspecified atom stereocenters. The van der Waals surface area contributed by atoms with Crippen molar-refractivity contribution in [3.05, 3.63) is 59.2 Å². The van der Waals surface area contributed by atoms with Crippen molar-refractivity contribution in [2.75, 3.05) is 0 Å². The van der Waals surface area contributed by atoms with Crippen molar-refractivity contribution in [2.45, 2.75) is 20.0 Å². The van der Waals surface area contributed by atoms with Gasteiger partial charge in [0, 0.05) is 31.0 Å². The number of nitrogens with zero attached hydrogens (tertiary/aromatic N) is 2. The fourth-order valence-corrected chi connectivity index (χ4v) is 1.63. The van der Waals surface area contributed by atoms with Crippen LogP contribution in [0.25, 0.3) is 0 Å². The molecule has 98 valence electrons. The lowest BCUT2D eigenvalue weighted by atomic mass is 10.1. The summed E-state index contributed by atoms with van der Waals surface area (Å²) in [5.74, 6) is -0.408. The third-order valence-corrected chi connectivity index (χ3v) is 2.71. The van der Waals surface area contributed by atoms with Crippen molar-refractivity contribution in [1.82, 2.24) is 15.3 Å². The number of aryl methyl sites for hydroxylation is 1. The summed E-state index contributed by atoms with van der Waals surface area (Å²) in [7, 11) is 0. The smallest absolute Gasteiger partial charge is 0.248 e. The molecule has 0 aliphatic heterocycles. The molecule has 1 aromatic heterocycles. The Morgan fingerprint density at radius 3 is 2.47 bits per heavy atom. The summed E-state index contributed by atoms with van der Waals surface area (Å²) in [6.45, 7) is 3.27. The van der Waals surface area contributed by atoms with Crippen molar-refractivity contribution in [3.8, 4) is 0 Å². The first-order valence-corrected chi connectivity index (χ1v) is 6.02. The van der Waals surface area contributed by atoms with Gasteiger partial charge in [0.1, 0.15) is 0 Å². The van der Waals surface area contributed by atoms with Gasteiger partial charge < -0.3 is 11.1 Å². The molecule has 0 bridgehead atoms. The zero-order chi connectivity index (χ0) is 13.7. The number of hydrogen-bond donors (Lipinski definition) is 2. The molecule has 3 N–H and O–H groups in total. The Labute approximate surface area is 111 Å². The second-order valence-corrected chi connectivity index (χ2v) is 4.31. The van der Waals surface area contributed by atoms with E-state index in [2.05, 4.69) is 15.3 Å². The molecule has 0 spiro atoms. The van der Waals surface area contributed by atoms with Crippen LogP contribution in [-0.2, 0) is 13.1 Å². The minimum Gasteiger partial charge on any atom is -0.366 e. The second kappa shape index (κ2) is 6.06. The number of carbonyl (C=O) groups is 1. The topological polar surface area (TPSA) is 80.9 Å². The minimum atomic E-state index is -0.408. The number of primary amides is 1. The Hall–Kier alpha value is -2.27. The molecular weight excluding hydrogens is 240 g/mol. The molecule has 1 amide bonds. The average Bonchev–Trinajstić information content (AvgIpc) is 2.41. The minimum absolute atomic E-state index is 0.408. The number of nitrogens with two attached hydrogens (primary N) is 1. The first kappa shape index (κ1) is 13.2. The molecular formula is C14H16N4O. The zero-order valence-corrected chi connectivity index (χ0v) is 10.8. The first-order chi connectivity index (χ1) is 9.15. The van der Waals surface area contributed by atoms with Crippen LogP contribution in [0.3, 0.4) is 0 Å². The maximum absolute atomic E-state index is 10.9. The van der Waals surface area contributed by atoms with E-state index >= 15 is 0 Å². The summed E-state index contributed by atoms with van der Waals surface area (Å²) in [5.41, 5.74) is 8.60. The molecule has 1 heterocycles. The van der Waals surface area contributed by atoms with Gasteiger partial charge in [-0.15, -0.1) is 0 Å². The van der Waals surface area contributed by atoms with Crippen molar-refractivity contribution >= 4 is 5.91 Å². The predicted octanol–water partition coefficient (Wildman–Crippen LogP) is 1.17. The molecule has 1 aromatic carbocycles. The second-order valence-electron chi connectivity index (χ2n) is 4.31. The Kier molecular flexibility index (Phi) is 4.20. The lowest BCUT2D eigenvalue weighted by Crippen LogP contribution is -2.14. The molecule has 0 aliphatic rings. The quantitative estimate of drug-likeness (QED) is 0.841. The monoisotopic (exact) mass is 256 g/mol. The van der Waals surface area contributed by atoms with E-state index in [-0.39, 0.29) is 0 Å². The Morgan fingerprint density at radius 2 is 1.89 bits per heavy atom. The van der Waals surface area contributed by atoms with Crippen molar-refractivity contribution < 1.29 is 4.79 Å². The number of nitrogens with one attached hydrogen (secondary N) is 1. The van der Waals surface area contributed by atoms with E-state index < -0.39 is 5.91 Å². The van der Waals surface area contributed by atoms with Gasteiger partial charge >= 0.3 is 0 Å². The molecule has 0 aliphatic carbocycles. The molecule has 0 radical (unpaired) electrons. The van der Waals surface area contributed by atoms with Crippen LogP contribution in [0.1, 0.15) is 27.3 Å². The van der Waals surface area contributed by atoms with E-state index in [0.717, 1.165) is 17.0 Å². The molecule has 0 fully saturated rings. The predicted molar refractivity (Wildman–Crippen MR) is 72.3 cm³/mol. The van der Waals surface area contributed by atoms with Crippen LogP contribution in [0.2, 0.25) is 0 Å². The van der Waals surface area contributed by atoms with Gasteiger partial charge in [-0.05, 0) is 24.6 Å². The first-order valence-electron chi connectivity index (χ1n) is 6.02. The van der Waals surface area contributed by atoms with Crippen LogP contribution in [0, 0.1) is 6.92 Å². The average molecular weight is 256 g/mol. The SMILES string of the molecule is Cc1cnc(CNCc2ccc(C(N)=O)cc2)cn1. The Bertz CT molecular complexity index is 549. The number of aromatic nitrogens is 2. The third-order valence-electron chi connectivity index (χ3n) is 2.71. The van der Waals surface area contributed by atoms with E-state index in [1.54, 1.807) is 24.5 Å². The van der Waals surface area contributed by atoms with Gasteiger partial charge in [0.15, 0.2) is 0 Å². The Morgan fingerprint density at radius 1 is 1.16 bits per heavy atom. The number of rotatable bonds is 5. The van der Waals surface area contributed by atoms with Crippen LogP contribution in [0.4, 0.5) is 0 Å². The lowest BCUT2D eigenvalue weighted by molar-refractivity contribution is 0.100. The summed E-state index contributed by atoms with van der Waals surface area (Å²) in [6, 6.07) is 7.22. The Balaban J connectivity index is 1.85. The van der Waals surface area contributed by atoms with Gasteiger partial charge in [-0.25, -0.2) is 0 Å². The zero-order valence-electron chi connectivity index (χ0n) is 10.8. The van der Waals surface area contributed by atoms with Crippen LogP contribution in [-0.4, -0.2) is 15.9 Å². The fourth-order valence-electron chi connectivity index (χ4n) is 1.63. The molecule has 19 heavy (non-hydrogen) atoms. The summed E-state index contributed by atoms with van der Waals surface area (Å²) in [5, 5.41) is 3.27. The van der Waals surface area contributed by atoms with Crippen molar-refractivity contribution in [1.29, 1.82) is 0 Å². The van der Waals surface area contributed by atoms with Gasteiger partial charge in [-0.3, -0.25) is 14.8 Å². The molecule has 5 heteroatoms. The highest BCUT2D eigenvalue weighted by Gasteiger charge is 2.00. The number of carbonyl (C=O) groups excluding carboxylic acids is 1. The summed E-state index contributed by atoms with van der Waals surface area (Å²) in [4.78, 5) is 19.4. The number of benzene rings is 1. The summed E-state index contributed by atoms with van der Waals surface area (Å²) >= 11 is 0. The molecule has 5 nitrogen and oxygen atoms in total. The van der Waals surface area contributed by atoms with E-state index in [4.69, 9.17) is 5.73 Å². The number of amides is 1. The summed E-state index contributed by atoms with van der Waals surface area (Å²) in [6.07, 6.45) is 3.51. The molecule has 0 saturated carbocycles. The van der Waals surface area contributed by atoms with Crippen LogP contribution >= 0.6 is 0 Å². The lowest BCUT2D eigenvalue weighted by Gasteiger charge is -2.05. The van der Waals surface area contributed by atoms with Gasteiger partial charge in [0.05, 0.1) is 11.4 Å². The maximum atomic E-state index is 10.9. The highest BCUT2D eigenvalue weighted by atomic mass is 16.1. The van der Waals surface area contributed by atoms with E-state index in [1.165, 1.54) is 0 Å². The normalized spacial score (nSPS) is 10.4. The van der Waals surface area contributed by atoms with Gasteiger partial charge in [-0.2, -0.15) is 0 Å². The summed E-state index contributed by atoms with van der Waals surface area (Å²) < 4.78 is 0. The van der Waals surface area contributed by atoms with Crippen LogP contribution < -0.4 is 11.1 Å². The molecule has 2 aromatic rings. The van der Waals surface area contributed by atoms with Crippen molar-refractivity contribution in [2.24, 2.45) is 5.73 Å². The highest BCUT2D eigenvalue weighted by Crippen LogP contribution is 2.04. The fraction of sp³-hybridized carbons (Fsp3) is 0.214. The van der Waals surface area contributed by atoms with Crippen molar-refractivity contribution in [3.63, 3.8) is 0 Å². The number of hydrogen-bond acceptors (Lipinski definition) is 4. The van der Waals surface area contributed by atoms with Crippen LogP contribution in [0.15, 0.2) is 36.7 Å². The largest absolute Gasteiger partial charge is 0.366 e. The molecule has 0 saturated heterocycles.